The maximum absolute atomic E-state index is 12.1. The quantitative estimate of drug-likeness (QED) is 0.810. The van der Waals surface area contributed by atoms with Gasteiger partial charge in [-0.05, 0) is 17.7 Å². The second-order valence-electron chi connectivity index (χ2n) is 5.65. The number of hydrogen-bond acceptors (Lipinski definition) is 1. The standard InChI is InChI=1S/C18H21BrN2O/c1-21(2)17(15-6-4-3-5-7-15)13-20-18(22)12-14-8-10-16(19)11-9-14/h3-11,17H,12-13H2,1-2H3,(H,20,22)/p+1/t17-/m0/s1. The fraction of sp³-hybridized carbons (Fsp3) is 0.278. The highest BCUT2D eigenvalue weighted by molar-refractivity contribution is 9.10. The zero-order valence-corrected chi connectivity index (χ0v) is 14.6. The Hall–Kier alpha value is -1.65. The van der Waals surface area contributed by atoms with Crippen molar-refractivity contribution in [3.63, 3.8) is 0 Å². The second kappa shape index (κ2) is 8.11. The van der Waals surface area contributed by atoms with Gasteiger partial charge in [0.1, 0.15) is 6.04 Å². The van der Waals surface area contributed by atoms with Crippen molar-refractivity contribution in [3.8, 4) is 0 Å². The van der Waals surface area contributed by atoms with Crippen molar-refractivity contribution in [1.82, 2.24) is 5.32 Å². The Morgan fingerprint density at radius 3 is 2.32 bits per heavy atom. The third-order valence-corrected chi connectivity index (χ3v) is 4.21. The van der Waals surface area contributed by atoms with Crippen LogP contribution in [0.4, 0.5) is 0 Å². The Morgan fingerprint density at radius 2 is 1.73 bits per heavy atom. The van der Waals surface area contributed by atoms with Gasteiger partial charge in [0, 0.05) is 10.0 Å². The summed E-state index contributed by atoms with van der Waals surface area (Å²) in [5.74, 6) is 0.0597. The molecule has 0 spiro atoms. The molecule has 0 unspecified atom stereocenters. The predicted molar refractivity (Wildman–Crippen MR) is 92.8 cm³/mol. The van der Waals surface area contributed by atoms with E-state index in [2.05, 4.69) is 47.5 Å². The lowest BCUT2D eigenvalue weighted by Gasteiger charge is -2.22. The van der Waals surface area contributed by atoms with Crippen molar-refractivity contribution >= 4 is 21.8 Å². The van der Waals surface area contributed by atoms with E-state index in [4.69, 9.17) is 0 Å². The number of quaternary nitrogens is 1. The van der Waals surface area contributed by atoms with Gasteiger partial charge in [0.25, 0.3) is 0 Å². The maximum atomic E-state index is 12.1. The molecule has 0 saturated heterocycles. The average Bonchev–Trinajstić information content (AvgIpc) is 2.50. The Balaban J connectivity index is 1.92. The van der Waals surface area contributed by atoms with Crippen LogP contribution >= 0.6 is 15.9 Å². The van der Waals surface area contributed by atoms with Crippen molar-refractivity contribution in [2.75, 3.05) is 20.6 Å². The minimum absolute atomic E-state index is 0.0597. The summed E-state index contributed by atoms with van der Waals surface area (Å²) < 4.78 is 1.03. The maximum Gasteiger partial charge on any atom is 0.224 e. The molecule has 1 atom stereocenters. The zero-order chi connectivity index (χ0) is 15.9. The van der Waals surface area contributed by atoms with E-state index in [0.29, 0.717) is 13.0 Å². The molecule has 3 nitrogen and oxygen atoms in total. The van der Waals surface area contributed by atoms with Crippen LogP contribution in [0, 0.1) is 0 Å². The molecule has 0 bridgehead atoms. The van der Waals surface area contributed by atoms with E-state index in [9.17, 15) is 4.79 Å². The van der Waals surface area contributed by atoms with E-state index < -0.39 is 0 Å². The molecule has 0 aliphatic rings. The number of hydrogen-bond donors (Lipinski definition) is 2. The first-order valence-corrected chi connectivity index (χ1v) is 8.21. The van der Waals surface area contributed by atoms with Crippen LogP contribution in [0.5, 0.6) is 0 Å². The molecule has 2 aromatic carbocycles. The molecule has 22 heavy (non-hydrogen) atoms. The van der Waals surface area contributed by atoms with Gasteiger partial charge < -0.3 is 10.2 Å². The topological polar surface area (TPSA) is 33.5 Å². The lowest BCUT2D eigenvalue weighted by atomic mass is 10.1. The molecule has 0 saturated carbocycles. The van der Waals surface area contributed by atoms with E-state index in [0.717, 1.165) is 10.0 Å². The molecule has 0 fully saturated rings. The van der Waals surface area contributed by atoms with Crippen LogP contribution < -0.4 is 10.2 Å². The zero-order valence-electron chi connectivity index (χ0n) is 13.0. The first kappa shape index (κ1) is 16.7. The van der Waals surface area contributed by atoms with Gasteiger partial charge in [0.05, 0.1) is 27.1 Å². The normalized spacial score (nSPS) is 12.2. The summed E-state index contributed by atoms with van der Waals surface area (Å²) in [5, 5.41) is 3.05. The molecule has 4 heteroatoms. The van der Waals surface area contributed by atoms with E-state index in [1.165, 1.54) is 10.5 Å². The summed E-state index contributed by atoms with van der Waals surface area (Å²) in [7, 11) is 4.22. The summed E-state index contributed by atoms with van der Waals surface area (Å²) in [5.41, 5.74) is 2.26. The molecule has 0 heterocycles. The first-order valence-electron chi connectivity index (χ1n) is 7.42. The average molecular weight is 362 g/mol. The van der Waals surface area contributed by atoms with Gasteiger partial charge in [0.2, 0.25) is 5.91 Å². The molecule has 0 aliphatic carbocycles. The highest BCUT2D eigenvalue weighted by atomic mass is 79.9. The fourth-order valence-corrected chi connectivity index (χ4v) is 2.67. The molecule has 0 radical (unpaired) electrons. The molecule has 0 aromatic heterocycles. The van der Waals surface area contributed by atoms with Gasteiger partial charge in [-0.3, -0.25) is 4.79 Å². The van der Waals surface area contributed by atoms with Crippen LogP contribution in [-0.2, 0) is 11.2 Å². The number of carbonyl (C=O) groups excluding carboxylic acids is 1. The molecule has 2 aromatic rings. The van der Waals surface area contributed by atoms with Gasteiger partial charge in [-0.15, -0.1) is 0 Å². The lowest BCUT2D eigenvalue weighted by molar-refractivity contribution is -0.890. The van der Waals surface area contributed by atoms with Gasteiger partial charge >= 0.3 is 0 Å². The molecule has 0 aliphatic heterocycles. The smallest absolute Gasteiger partial charge is 0.224 e. The van der Waals surface area contributed by atoms with Gasteiger partial charge in [-0.1, -0.05) is 58.4 Å². The number of likely N-dealkylation sites (N-methyl/N-ethyl adjacent to an activating group) is 1. The van der Waals surface area contributed by atoms with E-state index in [1.54, 1.807) is 0 Å². The first-order chi connectivity index (χ1) is 10.6. The summed E-state index contributed by atoms with van der Waals surface area (Å²) >= 11 is 3.40. The Bertz CT molecular complexity index is 596. The van der Waals surface area contributed by atoms with Crippen molar-refractivity contribution in [2.24, 2.45) is 0 Å². The third kappa shape index (κ3) is 4.97. The number of benzene rings is 2. The summed E-state index contributed by atoms with van der Waals surface area (Å²) in [6, 6.07) is 18.4. The fourth-order valence-electron chi connectivity index (χ4n) is 2.41. The lowest BCUT2D eigenvalue weighted by Crippen LogP contribution is -3.07. The third-order valence-electron chi connectivity index (χ3n) is 3.68. The minimum atomic E-state index is 0.0597. The highest BCUT2D eigenvalue weighted by Gasteiger charge is 2.18. The summed E-state index contributed by atoms with van der Waals surface area (Å²) in [6.45, 7) is 0.641. The van der Waals surface area contributed by atoms with Crippen LogP contribution in [0.1, 0.15) is 17.2 Å². The van der Waals surface area contributed by atoms with E-state index >= 15 is 0 Å². The SMILES string of the molecule is C[NH+](C)[C@@H](CNC(=O)Cc1ccc(Br)cc1)c1ccccc1. The number of nitrogens with one attached hydrogen (secondary N) is 2. The molecular formula is C18H22BrN2O+. The number of amides is 1. The van der Waals surface area contributed by atoms with Gasteiger partial charge in [-0.25, -0.2) is 0 Å². The molecule has 116 valence electrons. The monoisotopic (exact) mass is 361 g/mol. The molecule has 1 amide bonds. The van der Waals surface area contributed by atoms with Crippen molar-refractivity contribution in [1.29, 1.82) is 0 Å². The van der Waals surface area contributed by atoms with Crippen LogP contribution in [0.25, 0.3) is 0 Å². The van der Waals surface area contributed by atoms with Crippen molar-refractivity contribution in [2.45, 2.75) is 12.5 Å². The second-order valence-corrected chi connectivity index (χ2v) is 6.56. The Kier molecular flexibility index (Phi) is 6.16. The number of halogens is 1. The van der Waals surface area contributed by atoms with Crippen LogP contribution in [0.3, 0.4) is 0 Å². The minimum Gasteiger partial charge on any atom is -0.349 e. The highest BCUT2D eigenvalue weighted by Crippen LogP contribution is 2.11. The molecule has 2 N–H and O–H groups in total. The van der Waals surface area contributed by atoms with Crippen LogP contribution in [-0.4, -0.2) is 26.5 Å². The largest absolute Gasteiger partial charge is 0.349 e. The van der Waals surface area contributed by atoms with Crippen molar-refractivity contribution in [3.05, 3.63) is 70.2 Å². The number of rotatable bonds is 6. The molecular weight excluding hydrogens is 340 g/mol. The van der Waals surface area contributed by atoms with Gasteiger partial charge in [-0.2, -0.15) is 0 Å². The van der Waals surface area contributed by atoms with Gasteiger partial charge in [0.15, 0.2) is 0 Å². The Labute approximate surface area is 140 Å². The summed E-state index contributed by atoms with van der Waals surface area (Å²) in [4.78, 5) is 13.4. The van der Waals surface area contributed by atoms with E-state index in [1.807, 2.05) is 42.5 Å². The Morgan fingerprint density at radius 1 is 1.09 bits per heavy atom. The van der Waals surface area contributed by atoms with Crippen molar-refractivity contribution < 1.29 is 9.69 Å². The van der Waals surface area contributed by atoms with E-state index in [-0.39, 0.29) is 11.9 Å². The number of carbonyl (C=O) groups is 1. The van der Waals surface area contributed by atoms with Crippen LogP contribution in [0.15, 0.2) is 59.1 Å². The van der Waals surface area contributed by atoms with Crippen LogP contribution in [0.2, 0.25) is 0 Å². The summed E-state index contributed by atoms with van der Waals surface area (Å²) in [6.07, 6.45) is 0.414. The predicted octanol–water partition coefficient (Wildman–Crippen LogP) is 1.99. The molecule has 2 rings (SSSR count).